The first kappa shape index (κ1) is 15.9. The maximum Gasteiger partial charge on any atom is 0.345 e. The van der Waals surface area contributed by atoms with Gasteiger partial charge in [-0.1, -0.05) is 6.92 Å². The molecule has 1 fully saturated rings. The summed E-state index contributed by atoms with van der Waals surface area (Å²) in [6.07, 6.45) is 1.84. The van der Waals surface area contributed by atoms with Gasteiger partial charge in [0.1, 0.15) is 9.77 Å². The summed E-state index contributed by atoms with van der Waals surface area (Å²) in [7, 11) is -3.65. The number of hydrogen-bond donors (Lipinski definition) is 1. The summed E-state index contributed by atoms with van der Waals surface area (Å²) in [4.78, 5) is 11.0. The predicted molar refractivity (Wildman–Crippen MR) is 80.7 cm³/mol. The maximum absolute atomic E-state index is 12.7. The SMILES string of the molecule is CC1CCC(C)N(S(=O)(=O)c2cc(C(=O)O)sc2Br)C1. The molecule has 0 bridgehead atoms. The molecule has 0 spiro atoms. The van der Waals surface area contributed by atoms with E-state index < -0.39 is 16.0 Å². The van der Waals surface area contributed by atoms with Gasteiger partial charge in [-0.3, -0.25) is 0 Å². The molecule has 2 rings (SSSR count). The molecule has 0 aromatic carbocycles. The second-order valence-electron chi connectivity index (χ2n) is 5.16. The standard InChI is InChI=1S/C12H16BrNO4S2/c1-7-3-4-8(2)14(6-7)20(17,18)10-5-9(12(15)16)19-11(10)13/h5,7-8H,3-4,6H2,1-2H3,(H,15,16). The van der Waals surface area contributed by atoms with Gasteiger partial charge >= 0.3 is 5.97 Å². The molecule has 1 aromatic heterocycles. The first-order valence-corrected chi connectivity index (χ1v) is 9.33. The Kier molecular flexibility index (Phi) is 4.58. The second kappa shape index (κ2) is 5.75. The van der Waals surface area contributed by atoms with Crippen LogP contribution in [0.2, 0.25) is 0 Å². The maximum atomic E-state index is 12.7. The predicted octanol–water partition coefficient (Wildman–Crippen LogP) is 3.02. The number of hydrogen-bond acceptors (Lipinski definition) is 4. The van der Waals surface area contributed by atoms with Gasteiger partial charge in [-0.2, -0.15) is 4.31 Å². The molecule has 0 aliphatic carbocycles. The Balaban J connectivity index is 2.41. The summed E-state index contributed by atoms with van der Waals surface area (Å²) in [5.41, 5.74) is 0. The number of carbonyl (C=O) groups is 1. The van der Waals surface area contributed by atoms with Gasteiger partial charge in [0.05, 0.1) is 3.79 Å². The van der Waals surface area contributed by atoms with Crippen LogP contribution in [0.25, 0.3) is 0 Å². The van der Waals surface area contributed by atoms with Crippen molar-refractivity contribution in [3.05, 3.63) is 14.7 Å². The number of aromatic carboxylic acids is 1. The Hall–Kier alpha value is -0.440. The molecular formula is C12H16BrNO4S2. The number of sulfonamides is 1. The first-order chi connectivity index (χ1) is 9.23. The van der Waals surface area contributed by atoms with Crippen LogP contribution in [-0.4, -0.2) is 36.4 Å². The summed E-state index contributed by atoms with van der Waals surface area (Å²) in [6, 6.07) is 1.18. The largest absolute Gasteiger partial charge is 0.477 e. The molecule has 1 aliphatic heterocycles. The van der Waals surface area contributed by atoms with Crippen molar-refractivity contribution in [1.82, 2.24) is 4.31 Å². The van der Waals surface area contributed by atoms with Crippen molar-refractivity contribution < 1.29 is 18.3 Å². The van der Waals surface area contributed by atoms with Crippen molar-refractivity contribution in [2.45, 2.75) is 37.6 Å². The fraction of sp³-hybridized carbons (Fsp3) is 0.583. The van der Waals surface area contributed by atoms with Crippen molar-refractivity contribution in [2.24, 2.45) is 5.92 Å². The van der Waals surface area contributed by atoms with Crippen LogP contribution in [0.3, 0.4) is 0 Å². The van der Waals surface area contributed by atoms with Crippen LogP contribution >= 0.6 is 27.3 Å². The van der Waals surface area contributed by atoms with Crippen molar-refractivity contribution in [1.29, 1.82) is 0 Å². The molecule has 1 aliphatic rings. The number of carboxylic acids is 1. The van der Waals surface area contributed by atoms with Gasteiger partial charge in [-0.25, -0.2) is 13.2 Å². The van der Waals surface area contributed by atoms with Crippen LogP contribution in [0.15, 0.2) is 14.7 Å². The van der Waals surface area contributed by atoms with Crippen molar-refractivity contribution in [3.63, 3.8) is 0 Å². The van der Waals surface area contributed by atoms with Gasteiger partial charge in [0.2, 0.25) is 10.0 Å². The lowest BCUT2D eigenvalue weighted by atomic mass is 9.97. The van der Waals surface area contributed by atoms with E-state index in [1.807, 2.05) is 13.8 Å². The van der Waals surface area contributed by atoms with Crippen LogP contribution in [0.5, 0.6) is 0 Å². The molecule has 0 amide bonds. The van der Waals surface area contributed by atoms with Gasteiger partial charge in [-0.05, 0) is 47.7 Å². The van der Waals surface area contributed by atoms with Crippen LogP contribution in [0.1, 0.15) is 36.4 Å². The molecule has 8 heteroatoms. The van der Waals surface area contributed by atoms with E-state index in [1.165, 1.54) is 10.4 Å². The molecule has 2 heterocycles. The Morgan fingerprint density at radius 2 is 2.10 bits per heavy atom. The van der Waals surface area contributed by atoms with Crippen LogP contribution < -0.4 is 0 Å². The summed E-state index contributed by atoms with van der Waals surface area (Å²) in [5.74, 6) is -0.797. The fourth-order valence-corrected chi connectivity index (χ4v) is 6.48. The molecule has 112 valence electrons. The zero-order valence-corrected chi connectivity index (χ0v) is 14.4. The molecule has 0 radical (unpaired) electrons. The van der Waals surface area contributed by atoms with Crippen LogP contribution in [-0.2, 0) is 10.0 Å². The van der Waals surface area contributed by atoms with Crippen molar-refractivity contribution >= 4 is 43.3 Å². The lowest BCUT2D eigenvalue weighted by molar-refractivity contribution is 0.0702. The van der Waals surface area contributed by atoms with E-state index in [0.29, 0.717) is 16.2 Å². The average molecular weight is 382 g/mol. The quantitative estimate of drug-likeness (QED) is 0.872. The smallest absolute Gasteiger partial charge is 0.345 e. The van der Waals surface area contributed by atoms with Gasteiger partial charge in [0.15, 0.2) is 0 Å². The number of carboxylic acid groups (broad SMARTS) is 1. The minimum Gasteiger partial charge on any atom is -0.477 e. The third kappa shape index (κ3) is 2.93. The molecule has 1 N–H and O–H groups in total. The van der Waals surface area contributed by atoms with Gasteiger partial charge in [0.25, 0.3) is 0 Å². The highest BCUT2D eigenvalue weighted by molar-refractivity contribution is 9.11. The van der Waals surface area contributed by atoms with Crippen molar-refractivity contribution in [3.8, 4) is 0 Å². The highest BCUT2D eigenvalue weighted by Crippen LogP contribution is 2.36. The molecule has 5 nitrogen and oxygen atoms in total. The topological polar surface area (TPSA) is 74.7 Å². The minimum atomic E-state index is -3.65. The Labute approximate surface area is 130 Å². The Bertz CT molecular complexity index is 625. The summed E-state index contributed by atoms with van der Waals surface area (Å²) in [5, 5.41) is 8.97. The molecule has 2 atom stereocenters. The molecule has 1 aromatic rings. The molecule has 20 heavy (non-hydrogen) atoms. The van der Waals surface area contributed by atoms with E-state index >= 15 is 0 Å². The Morgan fingerprint density at radius 3 is 2.65 bits per heavy atom. The molecule has 1 saturated heterocycles. The van der Waals surface area contributed by atoms with E-state index in [9.17, 15) is 13.2 Å². The number of halogens is 1. The van der Waals surface area contributed by atoms with E-state index in [1.54, 1.807) is 0 Å². The second-order valence-corrected chi connectivity index (χ2v) is 9.39. The zero-order chi connectivity index (χ0) is 15.1. The number of piperidine rings is 1. The van der Waals surface area contributed by atoms with Crippen molar-refractivity contribution in [2.75, 3.05) is 6.54 Å². The lowest BCUT2D eigenvalue weighted by Crippen LogP contribution is -2.44. The lowest BCUT2D eigenvalue weighted by Gasteiger charge is -2.35. The average Bonchev–Trinajstić information content (AvgIpc) is 2.75. The van der Waals surface area contributed by atoms with Gasteiger partial charge in [0, 0.05) is 12.6 Å². The summed E-state index contributed by atoms with van der Waals surface area (Å²) >= 11 is 4.10. The van der Waals surface area contributed by atoms with Crippen LogP contribution in [0, 0.1) is 5.92 Å². The highest BCUT2D eigenvalue weighted by atomic mass is 79.9. The van der Waals surface area contributed by atoms with E-state index in [2.05, 4.69) is 15.9 Å². The fourth-order valence-electron chi connectivity index (χ4n) is 2.34. The zero-order valence-electron chi connectivity index (χ0n) is 11.2. The van der Waals surface area contributed by atoms with Gasteiger partial charge < -0.3 is 5.11 Å². The van der Waals surface area contributed by atoms with E-state index in [-0.39, 0.29) is 15.8 Å². The van der Waals surface area contributed by atoms with Gasteiger partial charge in [-0.15, -0.1) is 11.3 Å². The Morgan fingerprint density at radius 1 is 1.45 bits per heavy atom. The first-order valence-electron chi connectivity index (χ1n) is 6.28. The normalized spacial score (nSPS) is 24.8. The monoisotopic (exact) mass is 381 g/mol. The highest BCUT2D eigenvalue weighted by Gasteiger charge is 2.35. The van der Waals surface area contributed by atoms with Crippen LogP contribution in [0.4, 0.5) is 0 Å². The third-order valence-electron chi connectivity index (χ3n) is 3.51. The summed E-state index contributed by atoms with van der Waals surface area (Å²) < 4.78 is 27.3. The number of rotatable bonds is 3. The third-order valence-corrected chi connectivity index (χ3v) is 7.73. The summed E-state index contributed by atoms with van der Waals surface area (Å²) in [6.45, 7) is 4.40. The van der Waals surface area contributed by atoms with E-state index in [0.717, 1.165) is 24.2 Å². The number of nitrogens with zero attached hydrogens (tertiary/aromatic N) is 1. The number of thiophene rings is 1. The minimum absolute atomic E-state index is 0.0214. The van der Waals surface area contributed by atoms with E-state index in [4.69, 9.17) is 5.11 Å². The molecule has 0 saturated carbocycles. The molecular weight excluding hydrogens is 366 g/mol. The molecule has 2 unspecified atom stereocenters.